The summed E-state index contributed by atoms with van der Waals surface area (Å²) in [7, 11) is 0. The zero-order valence-corrected chi connectivity index (χ0v) is 47.1. The smallest absolute Gasteiger partial charge is 0.131 e. The molecule has 6 aromatic carbocycles. The van der Waals surface area contributed by atoms with Crippen molar-refractivity contribution < 1.29 is 48.2 Å². The molecule has 0 radical (unpaired) electrons. The van der Waals surface area contributed by atoms with Crippen LogP contribution in [-0.4, -0.2) is 73.3 Å². The summed E-state index contributed by atoms with van der Waals surface area (Å²) in [4.78, 5) is 0. The molecule has 79 heavy (non-hydrogen) atoms. The number of unbranched alkanes of at least 4 members (excludes halogenated alkanes) is 3. The number of hydrogen-bond donors (Lipinski definition) is 4. The van der Waals surface area contributed by atoms with Gasteiger partial charge in [-0.2, -0.15) is 0 Å². The van der Waals surface area contributed by atoms with Crippen molar-refractivity contribution in [1.29, 1.82) is 0 Å². The van der Waals surface area contributed by atoms with Gasteiger partial charge in [-0.05, 0) is 208 Å². The van der Waals surface area contributed by atoms with Crippen molar-refractivity contribution in [2.75, 3.05) is 52.9 Å². The highest BCUT2D eigenvalue weighted by Gasteiger charge is 2.25. The van der Waals surface area contributed by atoms with Gasteiger partial charge in [0.2, 0.25) is 0 Å². The fraction of sp³-hybridized carbons (Fsp3) is 0.478. The minimum absolute atomic E-state index is 0.0814. The lowest BCUT2D eigenvalue weighted by Gasteiger charge is -2.28. The Morgan fingerprint density at radius 2 is 0.759 bits per heavy atom. The lowest BCUT2D eigenvalue weighted by molar-refractivity contribution is 0.233. The Hall–Kier alpha value is -5.78. The molecule has 0 aromatic heterocycles. The standard InChI is InChI=1S/C35H45FO4.C34H43FO4/c1-2-8-26-11-13-27(14-12-26)28-15-17-32(34(36)25-28)30-16-18-35(40-22-6-4-20-38)33(24-30)29-9-7-10-31(23-29)39-21-5-3-19-37;1-2-7-25-10-12-26(13-11-25)27-14-16-31(33(35)24-27)29-15-17-34(39-20-4-3-18-36)32(23-29)28-8-5-9-30(22-28)38-21-6-19-37/h7,9-10,15-18,23-27,37-38H,2-6,8,11-14,19-22H2,1H3;5,8-9,14-17,22-26,36-37H,2-4,6-7,10-13,18-21H2,1H3. The maximum Gasteiger partial charge on any atom is 0.131 e. The van der Waals surface area contributed by atoms with Crippen molar-refractivity contribution in [2.45, 2.75) is 148 Å². The highest BCUT2D eigenvalue weighted by Crippen LogP contribution is 2.43. The molecule has 0 heterocycles. The minimum atomic E-state index is -0.188. The van der Waals surface area contributed by atoms with E-state index in [-0.39, 0.29) is 38.1 Å². The molecule has 2 fully saturated rings. The molecular weight excluding hydrogens is 995 g/mol. The van der Waals surface area contributed by atoms with E-state index >= 15 is 8.78 Å². The summed E-state index contributed by atoms with van der Waals surface area (Å²) < 4.78 is 55.1. The van der Waals surface area contributed by atoms with Gasteiger partial charge in [-0.3, -0.25) is 0 Å². The van der Waals surface area contributed by atoms with Crippen LogP contribution in [0.25, 0.3) is 44.5 Å². The van der Waals surface area contributed by atoms with Crippen LogP contribution < -0.4 is 18.9 Å². The molecule has 6 aromatic rings. The van der Waals surface area contributed by atoms with Crippen LogP contribution in [-0.2, 0) is 0 Å². The van der Waals surface area contributed by atoms with E-state index in [9.17, 15) is 0 Å². The third kappa shape index (κ3) is 18.4. The quantitative estimate of drug-likeness (QED) is 0.0343. The van der Waals surface area contributed by atoms with Crippen LogP contribution in [0.2, 0.25) is 0 Å². The van der Waals surface area contributed by atoms with Crippen molar-refractivity contribution in [3.8, 4) is 67.5 Å². The first kappa shape index (κ1) is 60.9. The van der Waals surface area contributed by atoms with E-state index in [0.717, 1.165) is 113 Å². The summed E-state index contributed by atoms with van der Waals surface area (Å²) in [6.07, 6.45) is 19.6. The molecule has 8 nitrogen and oxygen atoms in total. The van der Waals surface area contributed by atoms with Gasteiger partial charge < -0.3 is 39.4 Å². The van der Waals surface area contributed by atoms with Gasteiger partial charge in [0.1, 0.15) is 34.6 Å². The number of hydrogen-bond acceptors (Lipinski definition) is 8. The molecule has 426 valence electrons. The van der Waals surface area contributed by atoms with Crippen molar-refractivity contribution in [3.05, 3.63) is 144 Å². The van der Waals surface area contributed by atoms with E-state index in [1.54, 1.807) is 12.1 Å². The Morgan fingerprint density at radius 3 is 1.14 bits per heavy atom. The highest BCUT2D eigenvalue weighted by molar-refractivity contribution is 5.80. The van der Waals surface area contributed by atoms with Crippen LogP contribution in [0.1, 0.15) is 159 Å². The summed E-state index contributed by atoms with van der Waals surface area (Å²) in [6.45, 7) is 6.98. The zero-order chi connectivity index (χ0) is 55.6. The Bertz CT molecular complexity index is 2730. The first-order chi connectivity index (χ1) is 38.7. The lowest BCUT2D eigenvalue weighted by atomic mass is 9.77. The Morgan fingerprint density at radius 1 is 0.380 bits per heavy atom. The second-order valence-corrected chi connectivity index (χ2v) is 21.7. The van der Waals surface area contributed by atoms with Gasteiger partial charge in [-0.1, -0.05) is 100 Å². The molecule has 0 bridgehead atoms. The van der Waals surface area contributed by atoms with Crippen LogP contribution in [0.3, 0.4) is 0 Å². The van der Waals surface area contributed by atoms with Crippen molar-refractivity contribution in [1.82, 2.24) is 0 Å². The maximum absolute atomic E-state index is 15.6. The van der Waals surface area contributed by atoms with E-state index < -0.39 is 0 Å². The Kier molecular flexibility index (Phi) is 25.5. The van der Waals surface area contributed by atoms with E-state index in [1.165, 1.54) is 51.4 Å². The van der Waals surface area contributed by atoms with Crippen molar-refractivity contribution >= 4 is 0 Å². The minimum Gasteiger partial charge on any atom is -0.494 e. The Balaban J connectivity index is 0.000000229. The number of rotatable bonds is 29. The molecule has 8 rings (SSSR count). The van der Waals surface area contributed by atoms with E-state index in [2.05, 4.69) is 26.0 Å². The van der Waals surface area contributed by atoms with Crippen LogP contribution in [0.4, 0.5) is 8.78 Å². The van der Waals surface area contributed by atoms with Gasteiger partial charge in [0.15, 0.2) is 0 Å². The van der Waals surface area contributed by atoms with Crippen LogP contribution in [0, 0.1) is 23.5 Å². The predicted octanol–water partition coefficient (Wildman–Crippen LogP) is 16.7. The van der Waals surface area contributed by atoms with Gasteiger partial charge >= 0.3 is 0 Å². The molecule has 2 aliphatic carbocycles. The largest absolute Gasteiger partial charge is 0.494 e. The van der Waals surface area contributed by atoms with E-state index in [4.69, 9.17) is 39.4 Å². The van der Waals surface area contributed by atoms with Gasteiger partial charge in [-0.25, -0.2) is 8.78 Å². The average Bonchev–Trinajstić information content (AvgIpc) is 3.52. The molecule has 0 spiro atoms. The molecule has 2 aliphatic rings. The van der Waals surface area contributed by atoms with Crippen molar-refractivity contribution in [3.63, 3.8) is 0 Å². The van der Waals surface area contributed by atoms with Crippen LogP contribution in [0.5, 0.6) is 23.0 Å². The normalized spacial score (nSPS) is 17.2. The van der Waals surface area contributed by atoms with E-state index in [1.807, 2.05) is 97.1 Å². The monoisotopic (exact) mass is 1080 g/mol. The molecule has 2 saturated carbocycles. The summed E-state index contributed by atoms with van der Waals surface area (Å²) in [6, 6.07) is 38.9. The van der Waals surface area contributed by atoms with Gasteiger partial charge in [0.05, 0.1) is 26.4 Å². The Labute approximate surface area is 470 Å². The molecule has 4 N–H and O–H groups in total. The topological polar surface area (TPSA) is 118 Å². The first-order valence-electron chi connectivity index (χ1n) is 29.8. The zero-order valence-electron chi connectivity index (χ0n) is 47.1. The second-order valence-electron chi connectivity index (χ2n) is 21.7. The molecule has 0 unspecified atom stereocenters. The molecular formula is C69H88F2O8. The molecule has 10 heteroatoms. The first-order valence-corrected chi connectivity index (χ1v) is 29.8. The number of ether oxygens (including phenoxy) is 4. The highest BCUT2D eigenvalue weighted by atomic mass is 19.1. The fourth-order valence-electron chi connectivity index (χ4n) is 11.5. The molecule has 0 saturated heterocycles. The van der Waals surface area contributed by atoms with Crippen LogP contribution >= 0.6 is 0 Å². The second kappa shape index (κ2) is 33.1. The number of aliphatic hydroxyl groups excluding tert-OH is 4. The lowest BCUT2D eigenvalue weighted by Crippen LogP contribution is -2.13. The maximum atomic E-state index is 15.6. The van der Waals surface area contributed by atoms with Gasteiger partial charge in [0.25, 0.3) is 0 Å². The summed E-state index contributed by atoms with van der Waals surface area (Å²) in [5.74, 6) is 5.07. The fourth-order valence-corrected chi connectivity index (χ4v) is 11.5. The average molecular weight is 1080 g/mol. The third-order valence-electron chi connectivity index (χ3n) is 15.9. The number of aliphatic hydroxyl groups is 4. The van der Waals surface area contributed by atoms with Gasteiger partial charge in [0, 0.05) is 55.1 Å². The summed E-state index contributed by atoms with van der Waals surface area (Å²) in [5, 5.41) is 36.4. The number of halogens is 2. The van der Waals surface area contributed by atoms with Gasteiger partial charge in [-0.15, -0.1) is 0 Å². The van der Waals surface area contributed by atoms with Crippen molar-refractivity contribution in [2.24, 2.45) is 11.8 Å². The molecule has 0 atom stereocenters. The third-order valence-corrected chi connectivity index (χ3v) is 15.9. The summed E-state index contributed by atoms with van der Waals surface area (Å²) in [5.41, 5.74) is 8.60. The molecule has 0 amide bonds. The van der Waals surface area contributed by atoms with Crippen LogP contribution in [0.15, 0.2) is 121 Å². The molecule has 0 aliphatic heterocycles. The summed E-state index contributed by atoms with van der Waals surface area (Å²) >= 11 is 0. The predicted molar refractivity (Wildman–Crippen MR) is 316 cm³/mol. The number of benzene rings is 6. The van der Waals surface area contributed by atoms with E-state index in [0.29, 0.717) is 86.6 Å². The SMILES string of the molecule is CCCC1CCC(c2ccc(-c3ccc(OCCCCO)c(-c4cccc(OCCCCO)c4)c3)c(F)c2)CC1.CCCC1CCC(c2ccc(-c3ccc(OCCCCO)c(-c4cccc(OCCCO)c4)c3)c(F)c2)CC1.